The molecule has 1 aliphatic carbocycles. The number of carbonyl (C=O) groups is 2. The highest BCUT2D eigenvalue weighted by molar-refractivity contribution is 5.95. The zero-order valence-corrected chi connectivity index (χ0v) is 12.2. The van der Waals surface area contributed by atoms with E-state index in [0.29, 0.717) is 13.0 Å². The summed E-state index contributed by atoms with van der Waals surface area (Å²) in [6.45, 7) is 2.26. The van der Waals surface area contributed by atoms with Crippen LogP contribution in [0, 0.1) is 0 Å². The molecule has 21 heavy (non-hydrogen) atoms. The van der Waals surface area contributed by atoms with Crippen molar-refractivity contribution in [3.8, 4) is 0 Å². The average molecular weight is 294 g/mol. The highest BCUT2D eigenvalue weighted by atomic mass is 16.3. The van der Waals surface area contributed by atoms with E-state index in [9.17, 15) is 9.59 Å². The molecule has 0 saturated heterocycles. The van der Waals surface area contributed by atoms with Crippen LogP contribution in [-0.2, 0) is 4.79 Å². The number of nitrogens with one attached hydrogen (secondary N) is 1. The lowest BCUT2D eigenvalue weighted by Gasteiger charge is -2.39. The van der Waals surface area contributed by atoms with Crippen LogP contribution in [0.5, 0.6) is 0 Å². The van der Waals surface area contributed by atoms with Crippen LogP contribution < -0.4 is 5.32 Å². The molecule has 0 aliphatic heterocycles. The highest BCUT2D eigenvalue weighted by Crippen LogP contribution is 2.25. The summed E-state index contributed by atoms with van der Waals surface area (Å²) < 4.78 is 5.01. The monoisotopic (exact) mass is 294 g/mol. The van der Waals surface area contributed by atoms with E-state index in [0.717, 1.165) is 19.3 Å². The number of hydrogen-bond acceptors (Lipinski definition) is 4. The van der Waals surface area contributed by atoms with Crippen molar-refractivity contribution in [3.05, 3.63) is 24.2 Å². The topological polar surface area (TPSA) is 82.8 Å². The van der Waals surface area contributed by atoms with Gasteiger partial charge in [0.25, 0.3) is 5.91 Å². The SMILES string of the molecule is CC(NC(=O)c1ccco1)C(=O)N(CCCO)C1CCC1. The van der Waals surface area contributed by atoms with Gasteiger partial charge >= 0.3 is 0 Å². The van der Waals surface area contributed by atoms with Gasteiger partial charge in [-0.05, 0) is 44.7 Å². The maximum absolute atomic E-state index is 12.5. The Morgan fingerprint density at radius 3 is 2.81 bits per heavy atom. The first-order valence-corrected chi connectivity index (χ1v) is 7.39. The molecule has 0 radical (unpaired) electrons. The Balaban J connectivity index is 1.93. The van der Waals surface area contributed by atoms with E-state index in [1.807, 2.05) is 0 Å². The molecule has 1 unspecified atom stereocenters. The van der Waals surface area contributed by atoms with Gasteiger partial charge < -0.3 is 19.7 Å². The zero-order valence-electron chi connectivity index (χ0n) is 12.2. The highest BCUT2D eigenvalue weighted by Gasteiger charge is 2.31. The molecule has 0 bridgehead atoms. The van der Waals surface area contributed by atoms with Gasteiger partial charge in [-0.2, -0.15) is 0 Å². The first-order valence-electron chi connectivity index (χ1n) is 7.39. The summed E-state index contributed by atoms with van der Waals surface area (Å²) in [4.78, 5) is 26.2. The number of hydrogen-bond donors (Lipinski definition) is 2. The molecule has 1 saturated carbocycles. The summed E-state index contributed by atoms with van der Waals surface area (Å²) in [6, 6.07) is 2.82. The van der Waals surface area contributed by atoms with Crippen LogP contribution in [0.4, 0.5) is 0 Å². The third-order valence-corrected chi connectivity index (χ3v) is 3.82. The van der Waals surface area contributed by atoms with Crippen molar-refractivity contribution in [3.63, 3.8) is 0 Å². The van der Waals surface area contributed by atoms with Crippen molar-refractivity contribution >= 4 is 11.8 Å². The molecule has 1 aromatic rings. The molecule has 2 rings (SSSR count). The maximum Gasteiger partial charge on any atom is 0.287 e. The molecular formula is C15H22N2O4. The van der Waals surface area contributed by atoms with Gasteiger partial charge in [-0.15, -0.1) is 0 Å². The average Bonchev–Trinajstić information content (AvgIpc) is 2.94. The van der Waals surface area contributed by atoms with Crippen LogP contribution in [0.25, 0.3) is 0 Å². The fourth-order valence-electron chi connectivity index (χ4n) is 2.40. The molecule has 0 aromatic carbocycles. The van der Waals surface area contributed by atoms with Gasteiger partial charge in [-0.25, -0.2) is 0 Å². The molecule has 116 valence electrons. The van der Waals surface area contributed by atoms with Gasteiger partial charge in [-0.1, -0.05) is 0 Å². The Morgan fingerprint density at radius 1 is 1.52 bits per heavy atom. The van der Waals surface area contributed by atoms with Crippen molar-refractivity contribution < 1.29 is 19.1 Å². The summed E-state index contributed by atoms with van der Waals surface area (Å²) in [5, 5.41) is 11.6. The van der Waals surface area contributed by atoms with Crippen molar-refractivity contribution in [1.82, 2.24) is 10.2 Å². The number of aliphatic hydroxyl groups is 1. The first kappa shape index (κ1) is 15.6. The Bertz CT molecular complexity index is 468. The van der Waals surface area contributed by atoms with Gasteiger partial charge in [0.2, 0.25) is 5.91 Å². The van der Waals surface area contributed by atoms with Gasteiger partial charge in [-0.3, -0.25) is 9.59 Å². The normalized spacial score (nSPS) is 16.1. The minimum Gasteiger partial charge on any atom is -0.459 e. The van der Waals surface area contributed by atoms with Crippen molar-refractivity contribution in [2.75, 3.05) is 13.2 Å². The lowest BCUT2D eigenvalue weighted by Crippen LogP contribution is -2.52. The molecule has 6 heteroatoms. The van der Waals surface area contributed by atoms with Gasteiger partial charge in [0.05, 0.1) is 6.26 Å². The number of rotatable bonds is 7. The second-order valence-electron chi connectivity index (χ2n) is 5.37. The molecule has 1 atom stereocenters. The summed E-state index contributed by atoms with van der Waals surface area (Å²) in [5.74, 6) is -0.301. The smallest absolute Gasteiger partial charge is 0.287 e. The molecule has 1 fully saturated rings. The number of furan rings is 1. The predicted octanol–water partition coefficient (Wildman–Crippen LogP) is 1.16. The molecular weight excluding hydrogens is 272 g/mol. The number of carbonyl (C=O) groups excluding carboxylic acids is 2. The Labute approximate surface area is 124 Å². The van der Waals surface area contributed by atoms with Crippen LogP contribution >= 0.6 is 0 Å². The molecule has 1 heterocycles. The van der Waals surface area contributed by atoms with Crippen LogP contribution in [-0.4, -0.2) is 47.1 Å². The lowest BCUT2D eigenvalue weighted by atomic mass is 9.91. The van der Waals surface area contributed by atoms with E-state index in [-0.39, 0.29) is 24.3 Å². The fraction of sp³-hybridized carbons (Fsp3) is 0.600. The van der Waals surface area contributed by atoms with E-state index in [2.05, 4.69) is 5.32 Å². The van der Waals surface area contributed by atoms with Crippen molar-refractivity contribution in [1.29, 1.82) is 0 Å². The molecule has 1 aromatic heterocycles. The van der Waals surface area contributed by atoms with E-state index in [1.54, 1.807) is 24.0 Å². The van der Waals surface area contributed by atoms with Crippen LogP contribution in [0.1, 0.15) is 43.2 Å². The minimum atomic E-state index is -0.609. The van der Waals surface area contributed by atoms with E-state index < -0.39 is 11.9 Å². The summed E-state index contributed by atoms with van der Waals surface area (Å²) in [6.07, 6.45) is 5.09. The Kier molecular flexibility index (Phi) is 5.38. The Morgan fingerprint density at radius 2 is 2.29 bits per heavy atom. The van der Waals surface area contributed by atoms with E-state index in [4.69, 9.17) is 9.52 Å². The van der Waals surface area contributed by atoms with E-state index in [1.165, 1.54) is 6.26 Å². The van der Waals surface area contributed by atoms with Crippen LogP contribution in [0.15, 0.2) is 22.8 Å². The molecule has 0 spiro atoms. The second kappa shape index (κ2) is 7.26. The van der Waals surface area contributed by atoms with Crippen LogP contribution in [0.3, 0.4) is 0 Å². The largest absolute Gasteiger partial charge is 0.459 e. The second-order valence-corrected chi connectivity index (χ2v) is 5.37. The van der Waals surface area contributed by atoms with Gasteiger partial charge in [0.15, 0.2) is 5.76 Å². The zero-order chi connectivity index (χ0) is 15.2. The molecule has 2 amide bonds. The number of nitrogens with zero attached hydrogens (tertiary/aromatic N) is 1. The third-order valence-electron chi connectivity index (χ3n) is 3.82. The maximum atomic E-state index is 12.5. The molecule has 6 nitrogen and oxygen atoms in total. The summed E-state index contributed by atoms with van der Waals surface area (Å²) in [7, 11) is 0. The van der Waals surface area contributed by atoms with E-state index >= 15 is 0 Å². The predicted molar refractivity (Wildman–Crippen MR) is 76.7 cm³/mol. The fourth-order valence-corrected chi connectivity index (χ4v) is 2.40. The minimum absolute atomic E-state index is 0.0592. The van der Waals surface area contributed by atoms with Crippen molar-refractivity contribution in [2.45, 2.75) is 44.7 Å². The lowest BCUT2D eigenvalue weighted by molar-refractivity contribution is -0.137. The quantitative estimate of drug-likeness (QED) is 0.790. The standard InChI is InChI=1S/C15H22N2O4/c1-11(16-14(19)13-7-3-10-21-13)15(20)17(8-4-9-18)12-5-2-6-12/h3,7,10-12,18H,2,4-6,8-9H2,1H3,(H,16,19). The summed E-state index contributed by atoms with van der Waals surface area (Å²) in [5.41, 5.74) is 0. The summed E-state index contributed by atoms with van der Waals surface area (Å²) >= 11 is 0. The molecule has 2 N–H and O–H groups in total. The number of aliphatic hydroxyl groups excluding tert-OH is 1. The van der Waals surface area contributed by atoms with Gasteiger partial charge in [0, 0.05) is 19.2 Å². The first-order chi connectivity index (χ1) is 10.1. The number of amides is 2. The van der Waals surface area contributed by atoms with Gasteiger partial charge in [0.1, 0.15) is 6.04 Å². The molecule has 1 aliphatic rings. The van der Waals surface area contributed by atoms with Crippen LogP contribution in [0.2, 0.25) is 0 Å². The Hall–Kier alpha value is -1.82. The third kappa shape index (κ3) is 3.85. The van der Waals surface area contributed by atoms with Crippen molar-refractivity contribution in [2.24, 2.45) is 0 Å².